The lowest BCUT2D eigenvalue weighted by Crippen LogP contribution is -2.74. The molecule has 0 bridgehead atoms. The molecule has 0 amide bonds. The van der Waals surface area contributed by atoms with Gasteiger partial charge in [0.05, 0.1) is 22.1 Å². The number of hydrogen-bond acceptors (Lipinski definition) is 3. The number of nitrogens with zero attached hydrogens (tertiary/aromatic N) is 5. The lowest BCUT2D eigenvalue weighted by atomic mass is 9.95. The fraction of sp³-hybridized carbons (Fsp3) is 0. The minimum atomic E-state index is -2.90. The van der Waals surface area contributed by atoms with Crippen molar-refractivity contribution in [3.8, 4) is 23.3 Å². The van der Waals surface area contributed by atoms with E-state index in [0.29, 0.717) is 17.7 Å². The highest BCUT2D eigenvalue weighted by Gasteiger charge is 2.30. The summed E-state index contributed by atoms with van der Waals surface area (Å²) in [5, 5.41) is 19.9. The molecule has 15 rings (SSSR count). The van der Waals surface area contributed by atoms with E-state index < -0.39 is 8.07 Å². The maximum Gasteiger partial charge on any atom is 0.240 e. The summed E-state index contributed by atoms with van der Waals surface area (Å²) >= 11 is 0. The fourth-order valence-electron chi connectivity index (χ4n) is 12.1. The standard InChI is InChI=1S/C63H39N5Si/c1-4-20-41(21-5-1)69(42-22-6-2-7-23-42,43-24-8-3-9-25-43)44-26-14-19-40(39-44)61-64-62(67-53-35-15-31-49-45-27-10-11-28-46(45)50-32-16-36-54(67)58(50)57(49)53)66-63(65-61)68-55-37-17-33-51-47-29-12-13-30-48(47)52-34-18-38-56(68)60(52)59(51)55/h1-39H/q-1. The van der Waals surface area contributed by atoms with E-state index in [0.717, 1.165) is 27.6 Å². The predicted molar refractivity (Wildman–Crippen MR) is 290 cm³/mol. The summed E-state index contributed by atoms with van der Waals surface area (Å²) in [5.74, 6) is 1.74. The van der Waals surface area contributed by atoms with E-state index in [2.05, 4.69) is 246 Å². The van der Waals surface area contributed by atoms with Crippen LogP contribution in [-0.2, 0) is 0 Å². The van der Waals surface area contributed by atoms with E-state index in [9.17, 15) is 0 Å². The molecule has 0 aliphatic carbocycles. The molecule has 0 aliphatic rings. The zero-order chi connectivity index (χ0) is 45.2. The van der Waals surface area contributed by atoms with E-state index in [1.165, 1.54) is 85.4 Å². The van der Waals surface area contributed by atoms with Crippen molar-refractivity contribution in [2.75, 3.05) is 0 Å². The van der Waals surface area contributed by atoms with Gasteiger partial charge in [0.25, 0.3) is 0 Å². The largest absolute Gasteiger partial charge is 0.278 e. The Morgan fingerprint density at radius 3 is 0.928 bits per heavy atom. The molecule has 0 fully saturated rings. The molecule has 3 heterocycles. The van der Waals surface area contributed by atoms with Gasteiger partial charge in [0.2, 0.25) is 11.9 Å². The molecule has 3 aromatic heterocycles. The first-order chi connectivity index (χ1) is 34.3. The Morgan fingerprint density at radius 1 is 0.261 bits per heavy atom. The Balaban J connectivity index is 1.06. The van der Waals surface area contributed by atoms with Crippen LogP contribution in [0.3, 0.4) is 0 Å². The van der Waals surface area contributed by atoms with Gasteiger partial charge in [0.15, 0.2) is 5.82 Å². The summed E-state index contributed by atoms with van der Waals surface area (Å²) in [5.41, 5.74) is 5.17. The lowest BCUT2D eigenvalue weighted by molar-refractivity contribution is 0.893. The fourth-order valence-corrected chi connectivity index (χ4v) is 16.9. The van der Waals surface area contributed by atoms with Crippen LogP contribution >= 0.6 is 0 Å². The van der Waals surface area contributed by atoms with Crippen LogP contribution in [0.5, 0.6) is 0 Å². The van der Waals surface area contributed by atoms with Crippen LogP contribution in [0.25, 0.3) is 110 Å². The zero-order valence-corrected chi connectivity index (χ0v) is 38.3. The van der Waals surface area contributed by atoms with E-state index in [1.807, 2.05) is 0 Å². The highest BCUT2D eigenvalue weighted by molar-refractivity contribution is 7.19. The van der Waals surface area contributed by atoms with Gasteiger partial charge in [-0.1, -0.05) is 212 Å². The third kappa shape index (κ3) is 5.26. The molecule has 69 heavy (non-hydrogen) atoms. The van der Waals surface area contributed by atoms with Crippen molar-refractivity contribution < 1.29 is 0 Å². The van der Waals surface area contributed by atoms with Gasteiger partial charge < -0.3 is 0 Å². The van der Waals surface area contributed by atoms with Crippen molar-refractivity contribution in [3.63, 3.8) is 0 Å². The first kappa shape index (κ1) is 38.2. The first-order valence-electron chi connectivity index (χ1n) is 23.6. The van der Waals surface area contributed by atoms with Crippen LogP contribution in [-0.4, -0.2) is 32.2 Å². The summed E-state index contributed by atoms with van der Waals surface area (Å²) < 4.78 is 4.55. The molecule has 0 saturated carbocycles. The highest BCUT2D eigenvalue weighted by atomic mass is 28.3. The van der Waals surface area contributed by atoms with Crippen LogP contribution in [0.4, 0.5) is 0 Å². The molecule has 15 aromatic rings. The second-order valence-corrected chi connectivity index (χ2v) is 22.1. The van der Waals surface area contributed by atoms with E-state index in [4.69, 9.17) is 15.0 Å². The molecule has 12 aromatic carbocycles. The number of rotatable bonds is 7. The van der Waals surface area contributed by atoms with Gasteiger partial charge in [0, 0.05) is 27.1 Å². The highest BCUT2D eigenvalue weighted by Crippen LogP contribution is 2.45. The molecule has 0 atom stereocenters. The summed E-state index contributed by atoms with van der Waals surface area (Å²) in [6, 6.07) is 86.4. The summed E-state index contributed by atoms with van der Waals surface area (Å²) in [6.45, 7) is 0. The monoisotopic (exact) mass is 893 g/mol. The zero-order valence-electron chi connectivity index (χ0n) is 37.3. The normalized spacial score (nSPS) is 12.3. The molecule has 6 heteroatoms. The van der Waals surface area contributed by atoms with Gasteiger partial charge >= 0.3 is 0 Å². The number of hydrogen-bond donors (Lipinski definition) is 0. The Kier molecular flexibility index (Phi) is 8.03. The van der Waals surface area contributed by atoms with Crippen molar-refractivity contribution in [2.24, 2.45) is 0 Å². The topological polar surface area (TPSA) is 48.5 Å². The maximum atomic E-state index is 5.63. The molecule has 0 N–H and O–H groups in total. The number of benzene rings is 12. The summed E-state index contributed by atoms with van der Waals surface area (Å²) in [6.07, 6.45) is 0. The molecule has 0 aliphatic heterocycles. The Bertz CT molecular complexity index is 4010. The Labute approximate surface area is 397 Å². The van der Waals surface area contributed by atoms with Gasteiger partial charge in [0.1, 0.15) is 0 Å². The second-order valence-electron chi connectivity index (χ2n) is 18.2. The van der Waals surface area contributed by atoms with Crippen LogP contribution in [0, 0.1) is 0 Å². The van der Waals surface area contributed by atoms with Crippen LogP contribution in [0.15, 0.2) is 237 Å². The predicted octanol–water partition coefficient (Wildman–Crippen LogP) is 12.6. The summed E-state index contributed by atoms with van der Waals surface area (Å²) in [4.78, 5) is 16.8. The van der Waals surface area contributed by atoms with Crippen LogP contribution in [0.1, 0.15) is 0 Å². The van der Waals surface area contributed by atoms with Gasteiger partial charge in [-0.05, 0) is 75.4 Å². The average Bonchev–Trinajstić information content (AvgIpc) is 3.96. The minimum absolute atomic E-state index is 0.568. The van der Waals surface area contributed by atoms with Crippen molar-refractivity contribution in [3.05, 3.63) is 237 Å². The minimum Gasteiger partial charge on any atom is -0.278 e. The molecule has 0 radical (unpaired) electrons. The van der Waals surface area contributed by atoms with Crippen LogP contribution in [0.2, 0.25) is 0 Å². The van der Waals surface area contributed by atoms with E-state index in [-0.39, 0.29) is 0 Å². The van der Waals surface area contributed by atoms with Crippen LogP contribution < -0.4 is 20.7 Å². The van der Waals surface area contributed by atoms with Gasteiger partial charge in [-0.25, -0.2) is 0 Å². The molecule has 321 valence electrons. The lowest BCUT2D eigenvalue weighted by Gasteiger charge is -2.47. The third-order valence-corrected chi connectivity index (χ3v) is 19.6. The Morgan fingerprint density at radius 2 is 0.565 bits per heavy atom. The smallest absolute Gasteiger partial charge is 0.240 e. The maximum absolute atomic E-state index is 5.63. The molecule has 0 spiro atoms. The molecular formula is C63H39N5Si-. The quantitative estimate of drug-likeness (QED) is 0.0910. The molecular weight excluding hydrogens is 855 g/mol. The van der Waals surface area contributed by atoms with E-state index >= 15 is 0 Å². The summed E-state index contributed by atoms with van der Waals surface area (Å²) in [7, 11) is -2.90. The SMILES string of the molecule is c1ccc([Si-](c2ccccc2)(c2ccccc2)c2cccc(-c3nc(-n4c5cccc6c7ccccc7c7cccc4c7c65)nc(-n4c5cccc6c7ccccc7c7cccc4c7c65)n3)c2)cc1. The van der Waals surface area contributed by atoms with Crippen molar-refractivity contribution >= 4 is 116 Å². The van der Waals surface area contributed by atoms with Crippen molar-refractivity contribution in [1.82, 2.24) is 24.1 Å². The van der Waals surface area contributed by atoms with Gasteiger partial charge in [-0.2, -0.15) is 35.7 Å². The third-order valence-electron chi connectivity index (χ3n) is 14.8. The molecule has 0 saturated heterocycles. The number of fused-ring (bicyclic) bond motifs is 6. The second kappa shape index (κ2) is 14.5. The first-order valence-corrected chi connectivity index (χ1v) is 25.6. The van der Waals surface area contributed by atoms with Crippen molar-refractivity contribution in [1.29, 1.82) is 0 Å². The molecule has 0 unspecified atom stereocenters. The van der Waals surface area contributed by atoms with E-state index in [1.54, 1.807) is 0 Å². The molecule has 5 nitrogen and oxygen atoms in total. The van der Waals surface area contributed by atoms with Crippen molar-refractivity contribution in [2.45, 2.75) is 0 Å². The average molecular weight is 894 g/mol. The Hall–Kier alpha value is -8.97. The van der Waals surface area contributed by atoms with Gasteiger partial charge in [-0.15, -0.1) is 0 Å². The number of aromatic nitrogens is 5. The van der Waals surface area contributed by atoms with Gasteiger partial charge in [-0.3, -0.25) is 9.13 Å².